The molecule has 0 radical (unpaired) electrons. The standard InChI is InChI=1S/C23H28Cl3N3O4S/c1-5-15(2)27-23(31)16(3)28(13-17-8-6-7-9-19(17)25)22(30)14-29(34(4,32)33)21-11-10-18(24)12-20(21)26/h6-12,15-16H,5,13-14H2,1-4H3,(H,27,31)/t15-,16+/m0/s1. The van der Waals surface area contributed by atoms with Gasteiger partial charge in [-0.1, -0.05) is 59.9 Å². The molecule has 2 atom stereocenters. The molecule has 11 heteroatoms. The van der Waals surface area contributed by atoms with E-state index in [-0.39, 0.29) is 29.2 Å². The zero-order valence-corrected chi connectivity index (χ0v) is 22.5. The highest BCUT2D eigenvalue weighted by Crippen LogP contribution is 2.30. The van der Waals surface area contributed by atoms with Crippen LogP contribution < -0.4 is 9.62 Å². The molecule has 2 amide bonds. The Bertz CT molecular complexity index is 1140. The molecule has 0 saturated carbocycles. The Morgan fingerprint density at radius 3 is 2.24 bits per heavy atom. The molecule has 0 aromatic heterocycles. The zero-order chi connectivity index (χ0) is 25.6. The molecule has 0 bridgehead atoms. The van der Waals surface area contributed by atoms with Crippen LogP contribution in [0.15, 0.2) is 42.5 Å². The van der Waals surface area contributed by atoms with Gasteiger partial charge in [-0.05, 0) is 50.1 Å². The first kappa shape index (κ1) is 28.2. The molecule has 0 aliphatic heterocycles. The van der Waals surface area contributed by atoms with Crippen LogP contribution in [0.25, 0.3) is 0 Å². The van der Waals surface area contributed by atoms with Crippen molar-refractivity contribution in [3.05, 3.63) is 63.1 Å². The van der Waals surface area contributed by atoms with E-state index in [4.69, 9.17) is 34.8 Å². The predicted octanol–water partition coefficient (Wildman–Crippen LogP) is 4.74. The van der Waals surface area contributed by atoms with Crippen molar-refractivity contribution in [2.24, 2.45) is 0 Å². The molecule has 0 heterocycles. The van der Waals surface area contributed by atoms with Crippen LogP contribution in [0.2, 0.25) is 15.1 Å². The third-order valence-electron chi connectivity index (χ3n) is 5.32. The van der Waals surface area contributed by atoms with Gasteiger partial charge in [-0.25, -0.2) is 8.42 Å². The van der Waals surface area contributed by atoms with Crippen molar-refractivity contribution in [2.45, 2.75) is 45.8 Å². The van der Waals surface area contributed by atoms with E-state index >= 15 is 0 Å². The highest BCUT2D eigenvalue weighted by Gasteiger charge is 2.31. The lowest BCUT2D eigenvalue weighted by molar-refractivity contribution is -0.139. The molecule has 0 unspecified atom stereocenters. The molecule has 7 nitrogen and oxygen atoms in total. The van der Waals surface area contributed by atoms with Gasteiger partial charge in [-0.2, -0.15) is 0 Å². The minimum absolute atomic E-state index is 0.0134. The first-order valence-electron chi connectivity index (χ1n) is 10.6. The second-order valence-electron chi connectivity index (χ2n) is 7.97. The largest absolute Gasteiger partial charge is 0.352 e. The summed E-state index contributed by atoms with van der Waals surface area (Å²) in [6.45, 7) is 4.83. The van der Waals surface area contributed by atoms with Gasteiger partial charge in [0, 0.05) is 22.6 Å². The number of carbonyl (C=O) groups excluding carboxylic acids is 2. The highest BCUT2D eigenvalue weighted by atomic mass is 35.5. The van der Waals surface area contributed by atoms with Gasteiger partial charge in [0.05, 0.1) is 17.0 Å². The van der Waals surface area contributed by atoms with Gasteiger partial charge in [0.1, 0.15) is 12.6 Å². The second-order valence-corrected chi connectivity index (χ2v) is 11.1. The number of anilines is 1. The summed E-state index contributed by atoms with van der Waals surface area (Å²) in [7, 11) is -3.90. The van der Waals surface area contributed by atoms with E-state index in [0.29, 0.717) is 22.0 Å². The van der Waals surface area contributed by atoms with Gasteiger partial charge in [0.2, 0.25) is 21.8 Å². The van der Waals surface area contributed by atoms with E-state index in [9.17, 15) is 18.0 Å². The van der Waals surface area contributed by atoms with Gasteiger partial charge in [0.25, 0.3) is 0 Å². The van der Waals surface area contributed by atoms with Crippen LogP contribution in [0.1, 0.15) is 32.8 Å². The lowest BCUT2D eigenvalue weighted by Crippen LogP contribution is -2.52. The first-order chi connectivity index (χ1) is 15.8. The summed E-state index contributed by atoms with van der Waals surface area (Å²) in [5, 5.41) is 3.69. The summed E-state index contributed by atoms with van der Waals surface area (Å²) in [6.07, 6.45) is 1.69. The third-order valence-corrected chi connectivity index (χ3v) is 7.36. The Balaban J connectivity index is 2.43. The summed E-state index contributed by atoms with van der Waals surface area (Å²) in [5.41, 5.74) is 0.729. The fraction of sp³-hybridized carbons (Fsp3) is 0.391. The zero-order valence-electron chi connectivity index (χ0n) is 19.4. The Hall–Kier alpha value is -2.00. The van der Waals surface area contributed by atoms with E-state index in [1.54, 1.807) is 31.2 Å². The number of sulfonamides is 1. The Morgan fingerprint density at radius 1 is 1.03 bits per heavy atom. The minimum atomic E-state index is -3.90. The molecule has 0 fully saturated rings. The maximum atomic E-state index is 13.5. The van der Waals surface area contributed by atoms with Gasteiger partial charge in [-0.15, -0.1) is 0 Å². The number of carbonyl (C=O) groups is 2. The Labute approximate surface area is 216 Å². The predicted molar refractivity (Wildman–Crippen MR) is 138 cm³/mol. The van der Waals surface area contributed by atoms with Crippen molar-refractivity contribution in [1.29, 1.82) is 0 Å². The third kappa shape index (κ3) is 7.50. The van der Waals surface area contributed by atoms with E-state index in [2.05, 4.69) is 5.32 Å². The van der Waals surface area contributed by atoms with E-state index < -0.39 is 28.5 Å². The van der Waals surface area contributed by atoms with Crippen molar-refractivity contribution in [3.63, 3.8) is 0 Å². The molecule has 34 heavy (non-hydrogen) atoms. The fourth-order valence-corrected chi connectivity index (χ4v) is 4.75. The highest BCUT2D eigenvalue weighted by molar-refractivity contribution is 7.92. The number of amides is 2. The van der Waals surface area contributed by atoms with Gasteiger partial charge >= 0.3 is 0 Å². The average Bonchev–Trinajstić information content (AvgIpc) is 2.76. The first-order valence-corrected chi connectivity index (χ1v) is 13.6. The quantitative estimate of drug-likeness (QED) is 0.464. The molecule has 0 saturated heterocycles. The number of rotatable bonds is 10. The molecular weight excluding hydrogens is 521 g/mol. The molecule has 0 aliphatic rings. The smallest absolute Gasteiger partial charge is 0.244 e. The van der Waals surface area contributed by atoms with E-state index in [1.807, 2.05) is 13.8 Å². The van der Waals surface area contributed by atoms with Crippen molar-refractivity contribution >= 4 is 62.3 Å². The second kappa shape index (κ2) is 12.1. The van der Waals surface area contributed by atoms with Crippen molar-refractivity contribution in [1.82, 2.24) is 10.2 Å². The van der Waals surface area contributed by atoms with Crippen LogP contribution in [-0.4, -0.2) is 50.0 Å². The topological polar surface area (TPSA) is 86.8 Å². The Kier molecular flexibility index (Phi) is 10.1. The molecule has 2 rings (SSSR count). The minimum Gasteiger partial charge on any atom is -0.352 e. The number of benzene rings is 2. The van der Waals surface area contributed by atoms with Crippen molar-refractivity contribution in [3.8, 4) is 0 Å². The fourth-order valence-electron chi connectivity index (χ4n) is 3.14. The molecular formula is C23H28Cl3N3O4S. The van der Waals surface area contributed by atoms with Crippen LogP contribution in [0.5, 0.6) is 0 Å². The summed E-state index contributed by atoms with van der Waals surface area (Å²) in [6, 6.07) is 10.3. The number of nitrogens with one attached hydrogen (secondary N) is 1. The van der Waals surface area contributed by atoms with Crippen LogP contribution >= 0.6 is 34.8 Å². The lowest BCUT2D eigenvalue weighted by Gasteiger charge is -2.32. The molecule has 186 valence electrons. The van der Waals surface area contributed by atoms with Gasteiger partial charge < -0.3 is 10.2 Å². The summed E-state index contributed by atoms with van der Waals surface area (Å²) in [5.74, 6) is -0.951. The normalized spacial score (nSPS) is 13.1. The van der Waals surface area contributed by atoms with Crippen molar-refractivity contribution in [2.75, 3.05) is 17.1 Å². The number of nitrogens with zero attached hydrogens (tertiary/aromatic N) is 2. The van der Waals surface area contributed by atoms with Crippen LogP contribution in [-0.2, 0) is 26.2 Å². The Morgan fingerprint density at radius 2 is 1.68 bits per heavy atom. The van der Waals surface area contributed by atoms with Crippen LogP contribution in [0.4, 0.5) is 5.69 Å². The molecule has 2 aromatic rings. The van der Waals surface area contributed by atoms with Crippen LogP contribution in [0, 0.1) is 0 Å². The van der Waals surface area contributed by atoms with Crippen LogP contribution in [0.3, 0.4) is 0 Å². The molecule has 2 aromatic carbocycles. The van der Waals surface area contributed by atoms with Crippen molar-refractivity contribution < 1.29 is 18.0 Å². The average molecular weight is 549 g/mol. The maximum absolute atomic E-state index is 13.5. The number of hydrogen-bond donors (Lipinski definition) is 1. The SMILES string of the molecule is CC[C@H](C)NC(=O)[C@@H](C)N(Cc1ccccc1Cl)C(=O)CN(c1ccc(Cl)cc1Cl)S(C)(=O)=O. The number of halogens is 3. The van der Waals surface area contributed by atoms with E-state index in [0.717, 1.165) is 10.6 Å². The van der Waals surface area contributed by atoms with Gasteiger partial charge in [0.15, 0.2) is 0 Å². The summed E-state index contributed by atoms with van der Waals surface area (Å²) >= 11 is 18.5. The summed E-state index contributed by atoms with van der Waals surface area (Å²) < 4.78 is 26.1. The van der Waals surface area contributed by atoms with E-state index in [1.165, 1.54) is 23.1 Å². The lowest BCUT2D eigenvalue weighted by atomic mass is 10.1. The molecule has 0 spiro atoms. The molecule has 1 N–H and O–H groups in total. The maximum Gasteiger partial charge on any atom is 0.244 e. The van der Waals surface area contributed by atoms with Gasteiger partial charge in [-0.3, -0.25) is 13.9 Å². The molecule has 0 aliphatic carbocycles. The number of hydrogen-bond acceptors (Lipinski definition) is 4. The monoisotopic (exact) mass is 547 g/mol. The summed E-state index contributed by atoms with van der Waals surface area (Å²) in [4.78, 5) is 27.7.